The number of esters is 1. The minimum absolute atomic E-state index is 0.576. The standard InChI is InChI=1S/C16H14Cl3O5P/c17-16(18,19)15(25(21,22)23)24-14(20)13(11-7-3-1-4-8-11)12-9-5-2-6-10-12/h1-10,13,15H,(H2,21,22,23). The van der Waals surface area contributed by atoms with E-state index in [2.05, 4.69) is 0 Å². The predicted molar refractivity (Wildman–Crippen MR) is 96.9 cm³/mol. The summed E-state index contributed by atoms with van der Waals surface area (Å²) in [6, 6.07) is 17.3. The molecule has 1 atom stereocenters. The Morgan fingerprint density at radius 1 is 0.920 bits per heavy atom. The third kappa shape index (κ3) is 5.45. The van der Waals surface area contributed by atoms with Crippen LogP contribution in [0.2, 0.25) is 0 Å². The van der Waals surface area contributed by atoms with Gasteiger partial charge in [-0.15, -0.1) is 0 Å². The molecule has 1 unspecified atom stereocenters. The van der Waals surface area contributed by atoms with Gasteiger partial charge in [-0.3, -0.25) is 9.36 Å². The van der Waals surface area contributed by atoms with E-state index in [1.165, 1.54) is 0 Å². The number of alkyl halides is 3. The molecule has 0 aliphatic rings. The molecule has 9 heteroatoms. The van der Waals surface area contributed by atoms with Crippen molar-refractivity contribution in [1.29, 1.82) is 0 Å². The minimum atomic E-state index is -5.01. The van der Waals surface area contributed by atoms with E-state index in [1.807, 2.05) is 0 Å². The Morgan fingerprint density at radius 2 is 1.32 bits per heavy atom. The monoisotopic (exact) mass is 422 g/mol. The Balaban J connectivity index is 2.41. The van der Waals surface area contributed by atoms with E-state index in [1.54, 1.807) is 60.7 Å². The van der Waals surface area contributed by atoms with Crippen molar-refractivity contribution >= 4 is 48.4 Å². The van der Waals surface area contributed by atoms with Gasteiger partial charge >= 0.3 is 13.6 Å². The molecule has 0 radical (unpaired) electrons. The van der Waals surface area contributed by atoms with Gasteiger partial charge in [0.25, 0.3) is 0 Å². The molecule has 0 saturated carbocycles. The summed E-state index contributed by atoms with van der Waals surface area (Å²) in [6.07, 6.45) is 0. The highest BCUT2D eigenvalue weighted by Crippen LogP contribution is 2.53. The fourth-order valence-corrected chi connectivity index (χ4v) is 4.16. The van der Waals surface area contributed by atoms with Crippen molar-refractivity contribution in [3.8, 4) is 0 Å². The van der Waals surface area contributed by atoms with E-state index < -0.39 is 29.1 Å². The van der Waals surface area contributed by atoms with Gasteiger partial charge in [-0.1, -0.05) is 95.5 Å². The third-order valence-corrected chi connectivity index (χ3v) is 5.47. The highest BCUT2D eigenvalue weighted by atomic mass is 35.6. The maximum absolute atomic E-state index is 12.7. The lowest BCUT2D eigenvalue weighted by Crippen LogP contribution is -2.33. The second-order valence-corrected chi connectivity index (χ2v) is 9.19. The molecular weight excluding hydrogens is 410 g/mol. The van der Waals surface area contributed by atoms with E-state index in [4.69, 9.17) is 39.5 Å². The third-order valence-electron chi connectivity index (χ3n) is 3.31. The van der Waals surface area contributed by atoms with E-state index >= 15 is 0 Å². The molecule has 2 aromatic rings. The van der Waals surface area contributed by atoms with Crippen molar-refractivity contribution in [1.82, 2.24) is 0 Å². The quantitative estimate of drug-likeness (QED) is 0.427. The molecule has 0 amide bonds. The normalized spacial score (nSPS) is 13.5. The number of hydrogen-bond donors (Lipinski definition) is 2. The zero-order chi connectivity index (χ0) is 18.7. The van der Waals surface area contributed by atoms with Crippen LogP contribution in [0.15, 0.2) is 60.7 Å². The average Bonchev–Trinajstić information content (AvgIpc) is 2.53. The Hall–Kier alpha value is -1.07. The Morgan fingerprint density at radius 3 is 1.64 bits per heavy atom. The summed E-state index contributed by atoms with van der Waals surface area (Å²) in [4.78, 5) is 31.4. The SMILES string of the molecule is O=C(OC(C(Cl)(Cl)Cl)P(=O)(O)O)C(c1ccccc1)c1ccccc1. The summed E-state index contributed by atoms with van der Waals surface area (Å²) < 4.78 is 14.0. The van der Waals surface area contributed by atoms with Crippen LogP contribution in [0, 0.1) is 0 Å². The Bertz CT molecular complexity index is 719. The Kier molecular flexibility index (Phi) is 6.55. The molecule has 2 N–H and O–H groups in total. The molecule has 25 heavy (non-hydrogen) atoms. The lowest BCUT2D eigenvalue weighted by molar-refractivity contribution is -0.146. The Labute approximate surface area is 159 Å². The number of hydrogen-bond acceptors (Lipinski definition) is 3. The summed E-state index contributed by atoms with van der Waals surface area (Å²) in [6.45, 7) is 0. The second kappa shape index (κ2) is 8.09. The summed E-state index contributed by atoms with van der Waals surface area (Å²) in [7, 11) is -5.01. The van der Waals surface area contributed by atoms with Gasteiger partial charge in [-0.2, -0.15) is 0 Å². The highest BCUT2D eigenvalue weighted by Gasteiger charge is 2.49. The fourth-order valence-electron chi connectivity index (χ4n) is 2.26. The van der Waals surface area contributed by atoms with Crippen LogP contribution in [0.4, 0.5) is 0 Å². The number of ether oxygens (including phenoxy) is 1. The fraction of sp³-hybridized carbons (Fsp3) is 0.188. The van der Waals surface area contributed by atoms with Gasteiger partial charge in [0.05, 0.1) is 0 Å². The zero-order valence-corrected chi connectivity index (χ0v) is 15.8. The van der Waals surface area contributed by atoms with Crippen molar-refractivity contribution in [2.24, 2.45) is 0 Å². The van der Waals surface area contributed by atoms with E-state index in [0.29, 0.717) is 11.1 Å². The molecular formula is C16H14Cl3O5P. The number of carbonyl (C=O) groups excluding carboxylic acids is 1. The molecule has 0 heterocycles. The number of rotatable bonds is 5. The van der Waals surface area contributed by atoms with E-state index in [9.17, 15) is 19.1 Å². The van der Waals surface area contributed by atoms with Crippen LogP contribution in [0.25, 0.3) is 0 Å². The van der Waals surface area contributed by atoms with Gasteiger partial charge in [0.15, 0.2) is 0 Å². The highest BCUT2D eigenvalue weighted by molar-refractivity contribution is 7.53. The largest absolute Gasteiger partial charge is 0.444 e. The van der Waals surface area contributed by atoms with Gasteiger partial charge in [-0.25, -0.2) is 0 Å². The maximum Gasteiger partial charge on any atom is 0.370 e. The van der Waals surface area contributed by atoms with Crippen molar-refractivity contribution in [3.63, 3.8) is 0 Å². The molecule has 0 saturated heterocycles. The summed E-state index contributed by atoms with van der Waals surface area (Å²) in [5, 5.41) is 0. The topological polar surface area (TPSA) is 83.8 Å². The van der Waals surface area contributed by atoms with E-state index in [-0.39, 0.29) is 0 Å². The molecule has 5 nitrogen and oxygen atoms in total. The molecule has 0 spiro atoms. The van der Waals surface area contributed by atoms with Crippen LogP contribution in [0.5, 0.6) is 0 Å². The number of carbonyl (C=O) groups is 1. The van der Waals surface area contributed by atoms with Gasteiger partial charge in [0.1, 0.15) is 5.92 Å². The van der Waals surface area contributed by atoms with Crippen LogP contribution < -0.4 is 0 Å². The van der Waals surface area contributed by atoms with Crippen LogP contribution in [-0.4, -0.2) is 25.4 Å². The van der Waals surface area contributed by atoms with Crippen molar-refractivity contribution in [2.75, 3.05) is 0 Å². The van der Waals surface area contributed by atoms with Crippen molar-refractivity contribution in [3.05, 3.63) is 71.8 Å². The maximum atomic E-state index is 12.7. The average molecular weight is 424 g/mol. The van der Waals surface area contributed by atoms with Crippen LogP contribution in [-0.2, 0) is 14.1 Å². The van der Waals surface area contributed by atoms with Crippen molar-refractivity contribution < 1.29 is 23.9 Å². The molecule has 2 aromatic carbocycles. The van der Waals surface area contributed by atoms with Crippen LogP contribution in [0.3, 0.4) is 0 Å². The molecule has 0 aliphatic heterocycles. The lowest BCUT2D eigenvalue weighted by atomic mass is 9.91. The molecule has 0 bridgehead atoms. The lowest BCUT2D eigenvalue weighted by Gasteiger charge is -2.27. The molecule has 0 fully saturated rings. The predicted octanol–water partition coefficient (Wildman–Crippen LogP) is 4.24. The van der Waals surface area contributed by atoms with Crippen LogP contribution in [0.1, 0.15) is 17.0 Å². The summed E-state index contributed by atoms with van der Waals surface area (Å²) in [5.74, 6) is -4.08. The van der Waals surface area contributed by atoms with Gasteiger partial charge in [0, 0.05) is 0 Å². The first kappa shape index (κ1) is 20.2. The van der Waals surface area contributed by atoms with Gasteiger partial charge in [0.2, 0.25) is 9.64 Å². The molecule has 2 rings (SSSR count). The molecule has 0 aromatic heterocycles. The molecule has 0 aliphatic carbocycles. The number of benzene rings is 2. The van der Waals surface area contributed by atoms with Crippen LogP contribution >= 0.6 is 42.4 Å². The van der Waals surface area contributed by atoms with E-state index in [0.717, 1.165) is 0 Å². The first-order valence-corrected chi connectivity index (χ1v) is 9.84. The summed E-state index contributed by atoms with van der Waals surface area (Å²) in [5.41, 5.74) is 1.15. The van der Waals surface area contributed by atoms with Crippen molar-refractivity contribution in [2.45, 2.75) is 15.6 Å². The first-order chi connectivity index (χ1) is 11.6. The molecule has 134 valence electrons. The number of halogens is 3. The minimum Gasteiger partial charge on any atom is -0.444 e. The zero-order valence-electron chi connectivity index (χ0n) is 12.6. The van der Waals surface area contributed by atoms with Gasteiger partial charge in [-0.05, 0) is 11.1 Å². The smallest absolute Gasteiger partial charge is 0.370 e. The second-order valence-electron chi connectivity index (χ2n) is 5.17. The first-order valence-electron chi connectivity index (χ1n) is 7.03. The van der Waals surface area contributed by atoms with Gasteiger partial charge < -0.3 is 14.5 Å². The summed E-state index contributed by atoms with van der Waals surface area (Å²) >= 11 is 16.8.